The van der Waals surface area contributed by atoms with Crippen LogP contribution in [0.3, 0.4) is 0 Å². The molecule has 1 aromatic rings. The number of carbonyl (C=O) groups is 2. The molecule has 0 bridgehead atoms. The Labute approximate surface area is 113 Å². The Hall–Kier alpha value is -1.56. The van der Waals surface area contributed by atoms with E-state index in [0.717, 1.165) is 4.47 Å². The molecule has 2 N–H and O–H groups in total. The number of carboxylic acids is 1. The van der Waals surface area contributed by atoms with E-state index in [-0.39, 0.29) is 0 Å². The van der Waals surface area contributed by atoms with Crippen molar-refractivity contribution in [3.05, 3.63) is 28.7 Å². The van der Waals surface area contributed by atoms with Gasteiger partial charge in [-0.2, -0.15) is 0 Å². The maximum atomic E-state index is 11.6. The molecule has 0 heterocycles. The summed E-state index contributed by atoms with van der Waals surface area (Å²) in [6.45, 7) is 2.96. The molecule has 0 spiro atoms. The van der Waals surface area contributed by atoms with Crippen molar-refractivity contribution in [1.82, 2.24) is 5.32 Å². The van der Waals surface area contributed by atoms with Crippen LogP contribution in [0.4, 0.5) is 0 Å². The number of aliphatic carboxylic acids is 1. The molecule has 0 radical (unpaired) electrons. The molecule has 6 heteroatoms. The Morgan fingerprint density at radius 2 is 2.06 bits per heavy atom. The smallest absolute Gasteiger partial charge is 0.325 e. The van der Waals surface area contributed by atoms with Gasteiger partial charge in [-0.3, -0.25) is 9.59 Å². The van der Waals surface area contributed by atoms with E-state index in [0.29, 0.717) is 5.75 Å². The normalized spacial score (nSPS) is 13.5. The third-order valence-electron chi connectivity index (χ3n) is 2.21. The van der Waals surface area contributed by atoms with E-state index in [1.165, 1.54) is 6.92 Å². The number of hydrogen-bond donors (Lipinski definition) is 2. The average molecular weight is 316 g/mol. The van der Waals surface area contributed by atoms with E-state index in [4.69, 9.17) is 9.84 Å². The largest absolute Gasteiger partial charge is 0.481 e. The third-order valence-corrected chi connectivity index (χ3v) is 2.70. The van der Waals surface area contributed by atoms with Crippen molar-refractivity contribution in [2.75, 3.05) is 0 Å². The molecule has 0 fully saturated rings. The van der Waals surface area contributed by atoms with E-state index in [1.54, 1.807) is 25.1 Å². The van der Waals surface area contributed by atoms with Crippen LogP contribution in [0.2, 0.25) is 0 Å². The van der Waals surface area contributed by atoms with Crippen LogP contribution in [-0.2, 0) is 9.59 Å². The molecule has 1 rings (SSSR count). The van der Waals surface area contributed by atoms with Crippen LogP contribution in [0.1, 0.15) is 13.8 Å². The third kappa shape index (κ3) is 4.37. The number of rotatable bonds is 5. The number of halogens is 1. The number of carboxylic acid groups (broad SMARTS) is 1. The summed E-state index contributed by atoms with van der Waals surface area (Å²) in [6.07, 6.45) is -0.763. The van der Waals surface area contributed by atoms with E-state index in [2.05, 4.69) is 21.2 Å². The summed E-state index contributed by atoms with van der Waals surface area (Å²) >= 11 is 3.29. The molecule has 0 aliphatic rings. The summed E-state index contributed by atoms with van der Waals surface area (Å²) in [5, 5.41) is 11.0. The zero-order valence-electron chi connectivity index (χ0n) is 10.0. The fraction of sp³-hybridized carbons (Fsp3) is 0.333. The van der Waals surface area contributed by atoms with Gasteiger partial charge < -0.3 is 15.2 Å². The number of carbonyl (C=O) groups excluding carboxylic acids is 1. The Morgan fingerprint density at radius 3 is 2.61 bits per heavy atom. The summed E-state index contributed by atoms with van der Waals surface area (Å²) in [5.41, 5.74) is 0. The zero-order valence-corrected chi connectivity index (χ0v) is 11.6. The quantitative estimate of drug-likeness (QED) is 0.869. The van der Waals surface area contributed by atoms with E-state index in [1.807, 2.05) is 6.07 Å². The number of nitrogens with one attached hydrogen (secondary N) is 1. The summed E-state index contributed by atoms with van der Waals surface area (Å²) < 4.78 is 6.24. The Morgan fingerprint density at radius 1 is 1.39 bits per heavy atom. The van der Waals surface area contributed by atoms with Crippen molar-refractivity contribution in [1.29, 1.82) is 0 Å². The monoisotopic (exact) mass is 315 g/mol. The van der Waals surface area contributed by atoms with Gasteiger partial charge in [0.15, 0.2) is 6.10 Å². The lowest BCUT2D eigenvalue weighted by Gasteiger charge is -2.16. The number of amides is 1. The van der Waals surface area contributed by atoms with Crippen LogP contribution in [0.25, 0.3) is 0 Å². The Bertz CT molecular complexity index is 449. The van der Waals surface area contributed by atoms with E-state index in [9.17, 15) is 9.59 Å². The van der Waals surface area contributed by atoms with Gasteiger partial charge in [-0.1, -0.05) is 22.0 Å². The fourth-order valence-electron chi connectivity index (χ4n) is 1.19. The van der Waals surface area contributed by atoms with Gasteiger partial charge in [0.2, 0.25) is 0 Å². The standard InChI is InChI=1S/C12H14BrNO4/c1-7(12(16)17)14-11(15)8(2)18-10-5-3-4-9(13)6-10/h3-8H,1-2H3,(H,14,15)(H,16,17). The lowest BCUT2D eigenvalue weighted by molar-refractivity contribution is -0.142. The van der Waals surface area contributed by atoms with E-state index >= 15 is 0 Å². The fourth-order valence-corrected chi connectivity index (χ4v) is 1.57. The van der Waals surface area contributed by atoms with Crippen LogP contribution in [0.15, 0.2) is 28.7 Å². The van der Waals surface area contributed by atoms with Crippen molar-refractivity contribution >= 4 is 27.8 Å². The molecular formula is C12H14BrNO4. The van der Waals surface area contributed by atoms with Gasteiger partial charge in [-0.25, -0.2) is 0 Å². The predicted molar refractivity (Wildman–Crippen MR) is 69.5 cm³/mol. The molecule has 98 valence electrons. The number of hydrogen-bond acceptors (Lipinski definition) is 3. The second-order valence-electron chi connectivity index (χ2n) is 3.79. The lowest BCUT2D eigenvalue weighted by Crippen LogP contribution is -2.44. The minimum absolute atomic E-state index is 0.468. The molecule has 0 saturated heterocycles. The van der Waals surface area contributed by atoms with E-state index < -0.39 is 24.0 Å². The molecule has 5 nitrogen and oxygen atoms in total. The topological polar surface area (TPSA) is 75.6 Å². The van der Waals surface area contributed by atoms with Gasteiger partial charge in [0.25, 0.3) is 5.91 Å². The second kappa shape index (κ2) is 6.39. The molecule has 2 unspecified atom stereocenters. The molecule has 1 amide bonds. The average Bonchev–Trinajstić information content (AvgIpc) is 2.28. The van der Waals surface area contributed by atoms with Gasteiger partial charge in [-0.15, -0.1) is 0 Å². The number of benzene rings is 1. The molecule has 0 saturated carbocycles. The number of ether oxygens (including phenoxy) is 1. The maximum Gasteiger partial charge on any atom is 0.325 e. The van der Waals surface area contributed by atoms with Gasteiger partial charge >= 0.3 is 5.97 Å². The first-order chi connectivity index (χ1) is 8.40. The molecular weight excluding hydrogens is 302 g/mol. The van der Waals surface area contributed by atoms with Crippen molar-refractivity contribution in [2.24, 2.45) is 0 Å². The molecule has 0 aromatic heterocycles. The van der Waals surface area contributed by atoms with Crippen LogP contribution in [-0.4, -0.2) is 29.1 Å². The van der Waals surface area contributed by atoms with Crippen LogP contribution in [0, 0.1) is 0 Å². The Balaban J connectivity index is 2.57. The summed E-state index contributed by atoms with van der Waals surface area (Å²) in [6, 6.07) is 6.12. The van der Waals surface area contributed by atoms with Gasteiger partial charge in [0.1, 0.15) is 11.8 Å². The zero-order chi connectivity index (χ0) is 13.7. The first-order valence-corrected chi connectivity index (χ1v) is 6.15. The van der Waals surface area contributed by atoms with Crippen molar-refractivity contribution in [3.63, 3.8) is 0 Å². The highest BCUT2D eigenvalue weighted by molar-refractivity contribution is 9.10. The maximum absolute atomic E-state index is 11.6. The first kappa shape index (κ1) is 14.5. The highest BCUT2D eigenvalue weighted by Crippen LogP contribution is 2.18. The van der Waals surface area contributed by atoms with Crippen molar-refractivity contribution in [3.8, 4) is 5.75 Å². The predicted octanol–water partition coefficient (Wildman–Crippen LogP) is 1.81. The van der Waals surface area contributed by atoms with Gasteiger partial charge in [0, 0.05) is 4.47 Å². The summed E-state index contributed by atoms with van der Waals surface area (Å²) in [5.74, 6) is -1.02. The molecule has 0 aliphatic heterocycles. The molecule has 2 atom stereocenters. The molecule has 0 aliphatic carbocycles. The minimum atomic E-state index is -1.09. The van der Waals surface area contributed by atoms with Gasteiger partial charge in [0.05, 0.1) is 0 Å². The SMILES string of the molecule is CC(NC(=O)C(C)Oc1cccc(Br)c1)C(=O)O. The summed E-state index contributed by atoms with van der Waals surface area (Å²) in [7, 11) is 0. The van der Waals surface area contributed by atoms with Gasteiger partial charge in [-0.05, 0) is 32.0 Å². The van der Waals surface area contributed by atoms with Crippen LogP contribution >= 0.6 is 15.9 Å². The highest BCUT2D eigenvalue weighted by atomic mass is 79.9. The lowest BCUT2D eigenvalue weighted by atomic mass is 10.3. The Kier molecular flexibility index (Phi) is 5.15. The van der Waals surface area contributed by atoms with Crippen LogP contribution in [0.5, 0.6) is 5.75 Å². The minimum Gasteiger partial charge on any atom is -0.481 e. The van der Waals surface area contributed by atoms with Crippen molar-refractivity contribution in [2.45, 2.75) is 26.0 Å². The van der Waals surface area contributed by atoms with Crippen molar-refractivity contribution < 1.29 is 19.4 Å². The summed E-state index contributed by atoms with van der Waals surface area (Å²) in [4.78, 5) is 22.2. The first-order valence-electron chi connectivity index (χ1n) is 5.35. The van der Waals surface area contributed by atoms with Crippen LogP contribution < -0.4 is 10.1 Å². The second-order valence-corrected chi connectivity index (χ2v) is 4.70. The molecule has 1 aromatic carbocycles. The highest BCUT2D eigenvalue weighted by Gasteiger charge is 2.20. The molecule has 18 heavy (non-hydrogen) atoms.